The minimum absolute atomic E-state index is 0.314. The number of rotatable bonds is 6. The van der Waals surface area contributed by atoms with Crippen LogP contribution < -0.4 is 15.4 Å². The second-order valence-corrected chi connectivity index (χ2v) is 4.62. The number of hydrogen-bond donors (Lipinski definition) is 2. The quantitative estimate of drug-likeness (QED) is 0.852. The molecule has 2 aromatic rings. The summed E-state index contributed by atoms with van der Waals surface area (Å²) in [4.78, 5) is 8.61. The van der Waals surface area contributed by atoms with Crippen LogP contribution in [0.3, 0.4) is 0 Å². The molecule has 21 heavy (non-hydrogen) atoms. The first kappa shape index (κ1) is 15.0. The van der Waals surface area contributed by atoms with Gasteiger partial charge in [0.15, 0.2) is 0 Å². The molecule has 6 heteroatoms. The van der Waals surface area contributed by atoms with Gasteiger partial charge in [-0.15, -0.1) is 0 Å². The SMILES string of the molecule is CCCNc1nc(C)cc(Nc2cc(OC)ccc2F)n1. The van der Waals surface area contributed by atoms with Gasteiger partial charge in [0.05, 0.1) is 12.8 Å². The largest absolute Gasteiger partial charge is 0.497 e. The van der Waals surface area contributed by atoms with Gasteiger partial charge in [-0.05, 0) is 25.5 Å². The second kappa shape index (κ2) is 6.88. The van der Waals surface area contributed by atoms with E-state index in [-0.39, 0.29) is 5.82 Å². The van der Waals surface area contributed by atoms with Crippen molar-refractivity contribution in [3.05, 3.63) is 35.8 Å². The highest BCUT2D eigenvalue weighted by molar-refractivity contribution is 5.60. The highest BCUT2D eigenvalue weighted by atomic mass is 19.1. The van der Waals surface area contributed by atoms with Gasteiger partial charge in [0.1, 0.15) is 17.4 Å². The minimum atomic E-state index is -0.366. The van der Waals surface area contributed by atoms with Gasteiger partial charge >= 0.3 is 0 Å². The average Bonchev–Trinajstić information content (AvgIpc) is 2.47. The van der Waals surface area contributed by atoms with E-state index in [1.165, 1.54) is 6.07 Å². The topological polar surface area (TPSA) is 59.1 Å². The third-order valence-electron chi connectivity index (χ3n) is 2.82. The fourth-order valence-electron chi connectivity index (χ4n) is 1.81. The average molecular weight is 290 g/mol. The molecule has 1 aromatic heterocycles. The number of halogens is 1. The first-order valence-electron chi connectivity index (χ1n) is 6.82. The van der Waals surface area contributed by atoms with E-state index in [1.54, 1.807) is 25.3 Å². The summed E-state index contributed by atoms with van der Waals surface area (Å²) in [6.07, 6.45) is 0.977. The number of benzene rings is 1. The second-order valence-electron chi connectivity index (χ2n) is 4.62. The maximum atomic E-state index is 13.8. The third kappa shape index (κ3) is 4.05. The summed E-state index contributed by atoms with van der Waals surface area (Å²) in [6, 6.07) is 6.27. The van der Waals surface area contributed by atoms with Crippen LogP contribution >= 0.6 is 0 Å². The number of nitrogens with one attached hydrogen (secondary N) is 2. The van der Waals surface area contributed by atoms with Crippen molar-refractivity contribution in [3.63, 3.8) is 0 Å². The van der Waals surface area contributed by atoms with Crippen LogP contribution in [-0.4, -0.2) is 23.6 Å². The molecule has 5 nitrogen and oxygen atoms in total. The van der Waals surface area contributed by atoms with Crippen LogP contribution in [0.25, 0.3) is 0 Å². The predicted octanol–water partition coefficient (Wildman–Crippen LogP) is 3.50. The summed E-state index contributed by atoms with van der Waals surface area (Å²) >= 11 is 0. The predicted molar refractivity (Wildman–Crippen MR) is 81.8 cm³/mol. The molecule has 0 aliphatic rings. The molecule has 112 valence electrons. The summed E-state index contributed by atoms with van der Waals surface area (Å²) in [5, 5.41) is 6.08. The Morgan fingerprint density at radius 2 is 2.05 bits per heavy atom. The lowest BCUT2D eigenvalue weighted by molar-refractivity contribution is 0.414. The lowest BCUT2D eigenvalue weighted by atomic mass is 10.3. The summed E-state index contributed by atoms with van der Waals surface area (Å²) in [6.45, 7) is 4.72. The van der Waals surface area contributed by atoms with Crippen LogP contribution in [0, 0.1) is 12.7 Å². The zero-order valence-corrected chi connectivity index (χ0v) is 12.4. The molecule has 0 spiro atoms. The monoisotopic (exact) mass is 290 g/mol. The van der Waals surface area contributed by atoms with E-state index in [9.17, 15) is 4.39 Å². The Bertz CT molecular complexity index is 619. The minimum Gasteiger partial charge on any atom is -0.497 e. The van der Waals surface area contributed by atoms with Gasteiger partial charge in [-0.1, -0.05) is 6.92 Å². The van der Waals surface area contributed by atoms with E-state index in [0.29, 0.717) is 23.2 Å². The number of anilines is 3. The lowest BCUT2D eigenvalue weighted by Crippen LogP contribution is -2.07. The molecule has 0 amide bonds. The molecule has 0 fully saturated rings. The molecule has 0 atom stereocenters. The number of aromatic nitrogens is 2. The molecule has 0 bridgehead atoms. The Kier molecular flexibility index (Phi) is 4.92. The molecule has 0 saturated heterocycles. The van der Waals surface area contributed by atoms with Crippen molar-refractivity contribution in [1.82, 2.24) is 9.97 Å². The molecular formula is C15H19FN4O. The first-order chi connectivity index (χ1) is 10.1. The van der Waals surface area contributed by atoms with E-state index in [1.807, 2.05) is 6.92 Å². The molecule has 0 radical (unpaired) electrons. The first-order valence-corrected chi connectivity index (χ1v) is 6.82. The highest BCUT2D eigenvalue weighted by Crippen LogP contribution is 2.24. The number of nitrogens with zero attached hydrogens (tertiary/aromatic N) is 2. The zero-order valence-electron chi connectivity index (χ0n) is 12.4. The smallest absolute Gasteiger partial charge is 0.224 e. The summed E-state index contributed by atoms with van der Waals surface area (Å²) in [5.41, 5.74) is 1.11. The Hall–Kier alpha value is -2.37. The summed E-state index contributed by atoms with van der Waals surface area (Å²) in [7, 11) is 1.54. The molecule has 2 rings (SSSR count). The van der Waals surface area contributed by atoms with Crippen molar-refractivity contribution in [3.8, 4) is 5.75 Å². The molecular weight excluding hydrogens is 271 g/mol. The van der Waals surface area contributed by atoms with Gasteiger partial charge in [-0.25, -0.2) is 9.37 Å². The van der Waals surface area contributed by atoms with Crippen LogP contribution in [0.5, 0.6) is 5.75 Å². The molecule has 0 aliphatic heterocycles. The van der Waals surface area contributed by atoms with Crippen molar-refractivity contribution < 1.29 is 9.13 Å². The molecule has 0 unspecified atom stereocenters. The summed E-state index contributed by atoms with van der Waals surface area (Å²) < 4.78 is 18.9. The van der Waals surface area contributed by atoms with E-state index in [2.05, 4.69) is 27.5 Å². The normalized spacial score (nSPS) is 10.3. The Morgan fingerprint density at radius 3 is 2.76 bits per heavy atom. The van der Waals surface area contributed by atoms with E-state index < -0.39 is 0 Å². The standard InChI is InChI=1S/C15H19FN4O/c1-4-7-17-15-18-10(2)8-14(20-15)19-13-9-11(21-3)5-6-12(13)16/h5-6,8-9H,4,7H2,1-3H3,(H2,17,18,19,20). The van der Waals surface area contributed by atoms with Crippen LogP contribution in [0.1, 0.15) is 19.0 Å². The number of aryl methyl sites for hydroxylation is 1. The Labute approximate surface area is 123 Å². The molecule has 0 saturated carbocycles. The fraction of sp³-hybridized carbons (Fsp3) is 0.333. The summed E-state index contributed by atoms with van der Waals surface area (Å²) in [5.74, 6) is 1.28. The van der Waals surface area contributed by atoms with Crippen LogP contribution in [-0.2, 0) is 0 Å². The van der Waals surface area contributed by atoms with Gasteiger partial charge in [0.2, 0.25) is 5.95 Å². The van der Waals surface area contributed by atoms with Crippen molar-refractivity contribution >= 4 is 17.5 Å². The van der Waals surface area contributed by atoms with Gasteiger partial charge < -0.3 is 15.4 Å². The van der Waals surface area contributed by atoms with Crippen LogP contribution in [0.4, 0.5) is 21.8 Å². The maximum Gasteiger partial charge on any atom is 0.224 e. The number of hydrogen-bond acceptors (Lipinski definition) is 5. The lowest BCUT2D eigenvalue weighted by Gasteiger charge is -2.11. The van der Waals surface area contributed by atoms with Crippen molar-refractivity contribution in [2.75, 3.05) is 24.3 Å². The fourth-order valence-corrected chi connectivity index (χ4v) is 1.81. The highest BCUT2D eigenvalue weighted by Gasteiger charge is 2.07. The van der Waals surface area contributed by atoms with Gasteiger partial charge in [-0.2, -0.15) is 4.98 Å². The van der Waals surface area contributed by atoms with Gasteiger partial charge in [0.25, 0.3) is 0 Å². The van der Waals surface area contributed by atoms with Crippen molar-refractivity contribution in [1.29, 1.82) is 0 Å². The Balaban J connectivity index is 2.24. The van der Waals surface area contributed by atoms with Gasteiger partial charge in [-0.3, -0.25) is 0 Å². The van der Waals surface area contributed by atoms with E-state index >= 15 is 0 Å². The molecule has 0 aliphatic carbocycles. The molecule has 2 N–H and O–H groups in total. The van der Waals surface area contributed by atoms with Crippen molar-refractivity contribution in [2.45, 2.75) is 20.3 Å². The zero-order chi connectivity index (χ0) is 15.2. The number of methoxy groups -OCH3 is 1. The molecule has 1 heterocycles. The molecule has 1 aromatic carbocycles. The van der Waals surface area contributed by atoms with Gasteiger partial charge in [0, 0.05) is 24.4 Å². The van der Waals surface area contributed by atoms with E-state index in [4.69, 9.17) is 4.74 Å². The van der Waals surface area contributed by atoms with Crippen LogP contribution in [0.15, 0.2) is 24.3 Å². The maximum absolute atomic E-state index is 13.8. The third-order valence-corrected chi connectivity index (χ3v) is 2.82. The Morgan fingerprint density at radius 1 is 1.24 bits per heavy atom. The van der Waals surface area contributed by atoms with Crippen molar-refractivity contribution in [2.24, 2.45) is 0 Å². The van der Waals surface area contributed by atoms with E-state index in [0.717, 1.165) is 18.7 Å². The number of ether oxygens (including phenoxy) is 1. The van der Waals surface area contributed by atoms with Crippen LogP contribution in [0.2, 0.25) is 0 Å².